The molecule has 0 spiro atoms. The molecule has 0 aromatic heterocycles. The van der Waals surface area contributed by atoms with Crippen LogP contribution in [0.25, 0.3) is 0 Å². The number of halogens is 1. The number of carbonyl (C=O) groups is 2. The molecule has 7 heteroatoms. The van der Waals surface area contributed by atoms with Crippen molar-refractivity contribution in [3.8, 4) is 0 Å². The number of nitrogens with zero attached hydrogens (tertiary/aromatic N) is 2. The van der Waals surface area contributed by atoms with Gasteiger partial charge in [-0.1, -0.05) is 11.6 Å². The molecule has 0 aliphatic carbocycles. The quantitative estimate of drug-likeness (QED) is 0.627. The van der Waals surface area contributed by atoms with Crippen LogP contribution in [0.5, 0.6) is 0 Å². The second kappa shape index (κ2) is 5.67. The van der Waals surface area contributed by atoms with E-state index in [-0.39, 0.29) is 22.0 Å². The zero-order valence-electron chi connectivity index (χ0n) is 8.19. The van der Waals surface area contributed by atoms with Crippen LogP contribution in [0, 0.1) is 0 Å². The molecule has 0 amide bonds. The summed E-state index contributed by atoms with van der Waals surface area (Å²) in [6.07, 6.45) is 0. The summed E-state index contributed by atoms with van der Waals surface area (Å²) in [4.78, 5) is 21.0. The molecule has 15 heavy (non-hydrogen) atoms. The van der Waals surface area contributed by atoms with Gasteiger partial charge < -0.3 is 0 Å². The van der Waals surface area contributed by atoms with Gasteiger partial charge in [0.25, 0.3) is 0 Å². The molecule has 2 rings (SSSR count). The fraction of sp³-hybridized carbons (Fsp3) is 0.500. The first kappa shape index (κ1) is 12.7. The van der Waals surface area contributed by atoms with E-state index in [0.717, 1.165) is 0 Å². The Morgan fingerprint density at radius 3 is 2.20 bits per heavy atom. The van der Waals surface area contributed by atoms with Crippen molar-refractivity contribution in [1.29, 1.82) is 0 Å². The number of rotatable bonds is 0. The van der Waals surface area contributed by atoms with E-state index < -0.39 is 0 Å². The lowest BCUT2D eigenvalue weighted by atomic mass is 10.3. The highest BCUT2D eigenvalue weighted by molar-refractivity contribution is 8.00. The van der Waals surface area contributed by atoms with Crippen LogP contribution in [0.3, 0.4) is 0 Å². The molecule has 1 unspecified atom stereocenters. The highest BCUT2D eigenvalue weighted by atomic mass is 35.5. The van der Waals surface area contributed by atoms with Crippen LogP contribution in [-0.2, 0) is 9.59 Å². The predicted octanol–water partition coefficient (Wildman–Crippen LogP) is 1.92. The molecule has 4 nitrogen and oxygen atoms in total. The Balaban J connectivity index is 0.000000151. The molecule has 0 N–H and O–H groups in total. The smallest absolute Gasteiger partial charge is 0.207 e. The molecular formula is C8H9ClN2O2S2. The van der Waals surface area contributed by atoms with Gasteiger partial charge in [-0.2, -0.15) is 4.40 Å². The average Bonchev–Trinajstić information content (AvgIpc) is 2.70. The first-order chi connectivity index (χ1) is 7.02. The summed E-state index contributed by atoms with van der Waals surface area (Å²) in [6.45, 7) is 3.52. The van der Waals surface area contributed by atoms with E-state index in [9.17, 15) is 9.59 Å². The Morgan fingerprint density at radius 1 is 1.40 bits per heavy atom. The third-order valence-electron chi connectivity index (χ3n) is 1.66. The highest BCUT2D eigenvalue weighted by Crippen LogP contribution is 2.22. The minimum atomic E-state index is -0.0671. The molecule has 2 aliphatic rings. The van der Waals surface area contributed by atoms with E-state index in [0.29, 0.717) is 11.5 Å². The van der Waals surface area contributed by atoms with E-state index in [2.05, 4.69) is 8.80 Å². The van der Waals surface area contributed by atoms with Crippen LogP contribution in [0.2, 0.25) is 0 Å². The minimum absolute atomic E-state index is 0.0586. The first-order valence-electron chi connectivity index (χ1n) is 4.15. The molecule has 82 valence electrons. The molecule has 0 fully saturated rings. The Labute approximate surface area is 101 Å². The topological polar surface area (TPSA) is 58.9 Å². The van der Waals surface area contributed by atoms with Crippen LogP contribution in [-0.4, -0.2) is 33.5 Å². The van der Waals surface area contributed by atoms with Gasteiger partial charge in [-0.15, -0.1) is 0 Å². The summed E-state index contributed by atoms with van der Waals surface area (Å²) < 4.78 is 7.45. The van der Waals surface area contributed by atoms with Crippen LogP contribution < -0.4 is 0 Å². The van der Waals surface area contributed by atoms with Crippen molar-refractivity contribution >= 4 is 57.9 Å². The molecule has 0 radical (unpaired) electrons. The van der Waals surface area contributed by atoms with Crippen molar-refractivity contribution in [1.82, 2.24) is 0 Å². The first-order valence-corrected chi connectivity index (χ1v) is 6.31. The van der Waals surface area contributed by atoms with Crippen LogP contribution in [0.1, 0.15) is 13.8 Å². The number of hydrogen-bond acceptors (Lipinski definition) is 6. The lowest BCUT2D eigenvalue weighted by Crippen LogP contribution is -2.12. The van der Waals surface area contributed by atoms with Gasteiger partial charge in [0.15, 0.2) is 11.0 Å². The van der Waals surface area contributed by atoms with E-state index in [1.165, 1.54) is 23.9 Å². The number of hydrogen-bond donors (Lipinski definition) is 0. The second-order valence-electron chi connectivity index (χ2n) is 2.87. The minimum Gasteiger partial charge on any atom is -0.292 e. The molecule has 2 aliphatic heterocycles. The monoisotopic (exact) mass is 264 g/mol. The second-order valence-corrected chi connectivity index (χ2v) is 5.06. The SMILES string of the molecule is CC1=NSCC1=O.CC1SN=C(Cl)C1=O. The summed E-state index contributed by atoms with van der Waals surface area (Å²) in [5.41, 5.74) is 0.657. The lowest BCUT2D eigenvalue weighted by molar-refractivity contribution is -0.112. The molecule has 0 saturated carbocycles. The summed E-state index contributed by atoms with van der Waals surface area (Å²) in [6, 6.07) is 0. The maximum atomic E-state index is 10.6. The standard InChI is InChI=1S/C4H4ClNOS.C4H5NOS/c1-2-3(7)4(5)6-8-2;1-3-4(6)2-7-5-3/h2H,1H3;2H2,1H3. The average molecular weight is 265 g/mol. The molecular weight excluding hydrogens is 256 g/mol. The summed E-state index contributed by atoms with van der Waals surface area (Å²) >= 11 is 7.89. The summed E-state index contributed by atoms with van der Waals surface area (Å²) in [7, 11) is 0. The zero-order chi connectivity index (χ0) is 11.4. The number of ketones is 2. The zero-order valence-corrected chi connectivity index (χ0v) is 10.6. The Bertz CT molecular complexity index is 355. The van der Waals surface area contributed by atoms with Crippen LogP contribution in [0.15, 0.2) is 8.80 Å². The molecule has 0 saturated heterocycles. The molecule has 0 bridgehead atoms. The molecule has 0 aromatic rings. The lowest BCUT2D eigenvalue weighted by Gasteiger charge is -1.89. The van der Waals surface area contributed by atoms with Gasteiger partial charge in [-0.3, -0.25) is 9.59 Å². The normalized spacial score (nSPS) is 24.6. The Kier molecular flexibility index (Phi) is 4.82. The van der Waals surface area contributed by atoms with Gasteiger partial charge in [-0.05, 0) is 37.7 Å². The third kappa shape index (κ3) is 3.62. The van der Waals surface area contributed by atoms with Crippen LogP contribution >= 0.6 is 35.5 Å². The highest BCUT2D eigenvalue weighted by Gasteiger charge is 2.24. The molecule has 2 heterocycles. The fourth-order valence-corrected chi connectivity index (χ4v) is 2.31. The van der Waals surface area contributed by atoms with Gasteiger partial charge in [-0.25, -0.2) is 4.40 Å². The van der Waals surface area contributed by atoms with Gasteiger partial charge in [0.2, 0.25) is 5.78 Å². The summed E-state index contributed by atoms with van der Waals surface area (Å²) in [5, 5.41) is 0.0602. The van der Waals surface area contributed by atoms with Crippen molar-refractivity contribution in [2.24, 2.45) is 8.80 Å². The molecule has 1 atom stereocenters. The maximum absolute atomic E-state index is 10.6. The number of carbonyl (C=O) groups excluding carboxylic acids is 2. The van der Waals surface area contributed by atoms with E-state index in [1.54, 1.807) is 13.8 Å². The van der Waals surface area contributed by atoms with Crippen LogP contribution in [0.4, 0.5) is 0 Å². The Hall–Kier alpha value is -0.330. The molecule has 0 aromatic carbocycles. The van der Waals surface area contributed by atoms with Crippen molar-refractivity contribution in [2.75, 3.05) is 5.75 Å². The largest absolute Gasteiger partial charge is 0.292 e. The Morgan fingerprint density at radius 2 is 2.07 bits per heavy atom. The van der Waals surface area contributed by atoms with Gasteiger partial charge in [0.05, 0.1) is 16.7 Å². The van der Waals surface area contributed by atoms with E-state index >= 15 is 0 Å². The van der Waals surface area contributed by atoms with Crippen molar-refractivity contribution < 1.29 is 9.59 Å². The van der Waals surface area contributed by atoms with Crippen molar-refractivity contribution in [3.63, 3.8) is 0 Å². The third-order valence-corrected chi connectivity index (χ3v) is 3.65. The number of Topliss-reactive ketones (excluding diaryl/α,β-unsaturated/α-hetero) is 2. The van der Waals surface area contributed by atoms with Crippen molar-refractivity contribution in [3.05, 3.63) is 0 Å². The maximum Gasteiger partial charge on any atom is 0.207 e. The van der Waals surface area contributed by atoms with Crippen molar-refractivity contribution in [2.45, 2.75) is 19.1 Å². The fourth-order valence-electron chi connectivity index (χ4n) is 0.729. The van der Waals surface area contributed by atoms with Gasteiger partial charge >= 0.3 is 0 Å². The predicted molar refractivity (Wildman–Crippen MR) is 65.9 cm³/mol. The van der Waals surface area contributed by atoms with E-state index in [1.807, 2.05) is 0 Å². The van der Waals surface area contributed by atoms with Gasteiger partial charge in [0, 0.05) is 0 Å². The van der Waals surface area contributed by atoms with E-state index in [4.69, 9.17) is 11.6 Å². The van der Waals surface area contributed by atoms with Gasteiger partial charge in [0.1, 0.15) is 0 Å². The summed E-state index contributed by atoms with van der Waals surface area (Å²) in [5.74, 6) is 0.660.